The van der Waals surface area contributed by atoms with Gasteiger partial charge in [0.1, 0.15) is 0 Å². The summed E-state index contributed by atoms with van der Waals surface area (Å²) in [5.74, 6) is 0.0685. The summed E-state index contributed by atoms with van der Waals surface area (Å²) in [5.41, 5.74) is 1.97. The molecule has 0 bridgehead atoms. The predicted molar refractivity (Wildman–Crippen MR) is 86.4 cm³/mol. The Labute approximate surface area is 128 Å². The van der Waals surface area contributed by atoms with Crippen molar-refractivity contribution in [2.24, 2.45) is 0 Å². The Morgan fingerprint density at radius 3 is 2.52 bits per heavy atom. The van der Waals surface area contributed by atoms with Gasteiger partial charge in [-0.15, -0.1) is 0 Å². The van der Waals surface area contributed by atoms with Crippen molar-refractivity contribution in [2.45, 2.75) is 63.9 Å². The number of rotatable bonds is 7. The summed E-state index contributed by atoms with van der Waals surface area (Å²) >= 11 is 0. The van der Waals surface area contributed by atoms with E-state index in [1.165, 1.54) is 0 Å². The molecule has 0 radical (unpaired) electrons. The lowest BCUT2D eigenvalue weighted by atomic mass is 10.1. The normalized spacial score (nSPS) is 16.7. The zero-order valence-electron chi connectivity index (χ0n) is 12.9. The fourth-order valence-electron chi connectivity index (χ4n) is 2.71. The van der Waals surface area contributed by atoms with Crippen LogP contribution in [0.15, 0.2) is 24.3 Å². The Kier molecular flexibility index (Phi) is 5.79. The highest BCUT2D eigenvalue weighted by Gasteiger charge is 2.21. The van der Waals surface area contributed by atoms with Gasteiger partial charge in [-0.3, -0.25) is 0 Å². The van der Waals surface area contributed by atoms with E-state index in [1.807, 2.05) is 24.3 Å². The van der Waals surface area contributed by atoms with Gasteiger partial charge < -0.3 is 5.32 Å². The van der Waals surface area contributed by atoms with Gasteiger partial charge in [0.2, 0.25) is 10.0 Å². The lowest BCUT2D eigenvalue weighted by molar-refractivity contribution is 0.551. The van der Waals surface area contributed by atoms with Crippen molar-refractivity contribution in [1.82, 2.24) is 10.0 Å². The third kappa shape index (κ3) is 5.77. The molecule has 1 aliphatic carbocycles. The number of hydrogen-bond donors (Lipinski definition) is 2. The molecule has 0 heterocycles. The summed E-state index contributed by atoms with van der Waals surface area (Å²) in [5, 5.41) is 3.35. The zero-order chi connectivity index (χ0) is 15.3. The number of benzene rings is 1. The van der Waals surface area contributed by atoms with E-state index < -0.39 is 10.0 Å². The SMILES string of the molecule is CC(C)NCc1cccc(CS(=O)(=O)NC2CCCC2)c1. The van der Waals surface area contributed by atoms with Crippen LogP contribution in [0, 0.1) is 0 Å². The van der Waals surface area contributed by atoms with Gasteiger partial charge in [0.05, 0.1) is 5.75 Å². The second kappa shape index (κ2) is 7.38. The highest BCUT2D eigenvalue weighted by Crippen LogP contribution is 2.19. The van der Waals surface area contributed by atoms with Crippen LogP contribution in [-0.4, -0.2) is 20.5 Å². The van der Waals surface area contributed by atoms with Crippen LogP contribution in [-0.2, 0) is 22.3 Å². The van der Waals surface area contributed by atoms with Crippen molar-refractivity contribution in [2.75, 3.05) is 0 Å². The number of sulfonamides is 1. The molecule has 118 valence electrons. The van der Waals surface area contributed by atoms with Crippen LogP contribution in [0.3, 0.4) is 0 Å². The third-order valence-electron chi connectivity index (χ3n) is 3.76. The van der Waals surface area contributed by atoms with Crippen LogP contribution in [0.2, 0.25) is 0 Å². The van der Waals surface area contributed by atoms with Crippen LogP contribution in [0.25, 0.3) is 0 Å². The first-order valence-corrected chi connectivity index (χ1v) is 9.41. The lowest BCUT2D eigenvalue weighted by Gasteiger charge is -2.13. The molecular formula is C16H26N2O2S. The molecule has 0 unspecified atom stereocenters. The third-order valence-corrected chi connectivity index (χ3v) is 5.17. The van der Waals surface area contributed by atoms with E-state index in [0.717, 1.165) is 43.4 Å². The van der Waals surface area contributed by atoms with Gasteiger partial charge >= 0.3 is 0 Å². The fourth-order valence-corrected chi connectivity index (χ4v) is 4.16. The van der Waals surface area contributed by atoms with Crippen molar-refractivity contribution in [1.29, 1.82) is 0 Å². The van der Waals surface area contributed by atoms with E-state index in [2.05, 4.69) is 23.9 Å². The monoisotopic (exact) mass is 310 g/mol. The van der Waals surface area contributed by atoms with E-state index in [0.29, 0.717) is 6.04 Å². The maximum Gasteiger partial charge on any atom is 0.216 e. The Balaban J connectivity index is 1.96. The molecule has 0 aromatic heterocycles. The van der Waals surface area contributed by atoms with E-state index in [4.69, 9.17) is 0 Å². The predicted octanol–water partition coefficient (Wildman–Crippen LogP) is 2.55. The maximum absolute atomic E-state index is 12.2. The van der Waals surface area contributed by atoms with Gasteiger partial charge in [0, 0.05) is 18.6 Å². The first kappa shape index (κ1) is 16.5. The molecule has 0 amide bonds. The van der Waals surface area contributed by atoms with Crippen molar-refractivity contribution in [3.63, 3.8) is 0 Å². The molecule has 4 nitrogen and oxygen atoms in total. The second-order valence-electron chi connectivity index (χ2n) is 6.21. The minimum absolute atomic E-state index is 0.0685. The summed E-state index contributed by atoms with van der Waals surface area (Å²) in [6.45, 7) is 4.96. The minimum atomic E-state index is -3.24. The molecule has 1 saturated carbocycles. The smallest absolute Gasteiger partial charge is 0.216 e. The van der Waals surface area contributed by atoms with E-state index in [1.54, 1.807) is 0 Å². The largest absolute Gasteiger partial charge is 0.310 e. The Hall–Kier alpha value is -0.910. The first-order valence-electron chi connectivity index (χ1n) is 7.76. The molecule has 5 heteroatoms. The van der Waals surface area contributed by atoms with E-state index >= 15 is 0 Å². The standard InChI is InChI=1S/C16H26N2O2S/c1-13(2)17-11-14-6-5-7-15(10-14)12-21(19,20)18-16-8-3-4-9-16/h5-7,10,13,16-18H,3-4,8-9,11-12H2,1-2H3. The maximum atomic E-state index is 12.2. The fraction of sp³-hybridized carbons (Fsp3) is 0.625. The quantitative estimate of drug-likeness (QED) is 0.814. The minimum Gasteiger partial charge on any atom is -0.310 e. The van der Waals surface area contributed by atoms with Gasteiger partial charge in [-0.25, -0.2) is 13.1 Å². The lowest BCUT2D eigenvalue weighted by Crippen LogP contribution is -2.33. The van der Waals surface area contributed by atoms with Crippen LogP contribution in [0.1, 0.15) is 50.7 Å². The van der Waals surface area contributed by atoms with Crippen LogP contribution < -0.4 is 10.0 Å². The molecule has 1 aliphatic rings. The van der Waals surface area contributed by atoms with Gasteiger partial charge in [0.25, 0.3) is 0 Å². The van der Waals surface area contributed by atoms with Gasteiger partial charge in [-0.05, 0) is 24.0 Å². The van der Waals surface area contributed by atoms with Crippen LogP contribution in [0.4, 0.5) is 0 Å². The van der Waals surface area contributed by atoms with Crippen molar-refractivity contribution >= 4 is 10.0 Å². The second-order valence-corrected chi connectivity index (χ2v) is 7.97. The average Bonchev–Trinajstić information content (AvgIpc) is 2.88. The zero-order valence-corrected chi connectivity index (χ0v) is 13.7. The summed E-state index contributed by atoms with van der Waals surface area (Å²) in [6.07, 6.45) is 4.20. The molecule has 21 heavy (non-hydrogen) atoms. The van der Waals surface area contributed by atoms with E-state index in [9.17, 15) is 8.42 Å². The highest BCUT2D eigenvalue weighted by molar-refractivity contribution is 7.88. The Morgan fingerprint density at radius 2 is 1.86 bits per heavy atom. The molecule has 1 aromatic carbocycles. The number of hydrogen-bond acceptors (Lipinski definition) is 3. The topological polar surface area (TPSA) is 58.2 Å². The van der Waals surface area contributed by atoms with E-state index in [-0.39, 0.29) is 11.8 Å². The molecular weight excluding hydrogens is 284 g/mol. The summed E-state index contributed by atoms with van der Waals surface area (Å²) in [4.78, 5) is 0. The van der Waals surface area contributed by atoms with Crippen molar-refractivity contribution in [3.8, 4) is 0 Å². The molecule has 0 spiro atoms. The highest BCUT2D eigenvalue weighted by atomic mass is 32.2. The molecule has 1 fully saturated rings. The van der Waals surface area contributed by atoms with Gasteiger partial charge in [-0.1, -0.05) is 51.0 Å². The van der Waals surface area contributed by atoms with Crippen molar-refractivity contribution in [3.05, 3.63) is 35.4 Å². The average molecular weight is 310 g/mol. The van der Waals surface area contributed by atoms with Crippen LogP contribution >= 0.6 is 0 Å². The molecule has 2 rings (SSSR count). The molecule has 0 aliphatic heterocycles. The van der Waals surface area contributed by atoms with Crippen molar-refractivity contribution < 1.29 is 8.42 Å². The molecule has 0 saturated heterocycles. The van der Waals surface area contributed by atoms with Crippen LogP contribution in [0.5, 0.6) is 0 Å². The van der Waals surface area contributed by atoms with Gasteiger partial charge in [-0.2, -0.15) is 0 Å². The summed E-state index contributed by atoms with van der Waals surface area (Å²) < 4.78 is 27.2. The summed E-state index contributed by atoms with van der Waals surface area (Å²) in [7, 11) is -3.24. The molecule has 1 aromatic rings. The van der Waals surface area contributed by atoms with Gasteiger partial charge in [0.15, 0.2) is 0 Å². The summed E-state index contributed by atoms with van der Waals surface area (Å²) in [6, 6.07) is 8.37. The molecule has 2 N–H and O–H groups in total. The first-order chi connectivity index (χ1) is 9.94. The Bertz CT molecular complexity index is 549. The number of nitrogens with one attached hydrogen (secondary N) is 2. The Morgan fingerprint density at radius 1 is 1.19 bits per heavy atom. The molecule has 0 atom stereocenters.